The number of piperazine rings is 1. The highest BCUT2D eigenvalue weighted by Gasteiger charge is 2.17. The molecule has 6 nitrogen and oxygen atoms in total. The van der Waals surface area contributed by atoms with Gasteiger partial charge in [0.15, 0.2) is 0 Å². The molecule has 3 aromatic rings. The number of benzene rings is 2. The number of amides is 2. The minimum atomic E-state index is -0.122. The van der Waals surface area contributed by atoms with Crippen LogP contribution in [0.4, 0.5) is 11.4 Å². The second-order valence-corrected chi connectivity index (χ2v) is 6.62. The molecule has 6 heteroatoms. The molecule has 1 aliphatic rings. The van der Waals surface area contributed by atoms with E-state index >= 15 is 0 Å². The average Bonchev–Trinajstić information content (AvgIpc) is 3.07. The fourth-order valence-electron chi connectivity index (χ4n) is 3.50. The second-order valence-electron chi connectivity index (χ2n) is 6.62. The fourth-order valence-corrected chi connectivity index (χ4v) is 3.50. The van der Waals surface area contributed by atoms with Crippen LogP contribution in [-0.2, 0) is 11.3 Å². The zero-order chi connectivity index (χ0) is 18.8. The molecule has 27 heavy (non-hydrogen) atoms. The van der Waals surface area contributed by atoms with Crippen molar-refractivity contribution in [1.29, 1.82) is 0 Å². The first-order chi connectivity index (χ1) is 13.2. The fraction of sp³-hybridized carbons (Fsp3) is 0.238. The predicted molar refractivity (Wildman–Crippen MR) is 107 cm³/mol. The van der Waals surface area contributed by atoms with Gasteiger partial charge in [-0.25, -0.2) is 0 Å². The lowest BCUT2D eigenvalue weighted by Crippen LogP contribution is -2.47. The van der Waals surface area contributed by atoms with Crippen LogP contribution in [0.5, 0.6) is 0 Å². The van der Waals surface area contributed by atoms with Gasteiger partial charge >= 0.3 is 0 Å². The minimum absolute atomic E-state index is 0.0333. The number of hydrogen-bond donors (Lipinski definition) is 2. The van der Waals surface area contributed by atoms with Gasteiger partial charge in [-0.3, -0.25) is 9.59 Å². The van der Waals surface area contributed by atoms with Crippen molar-refractivity contribution < 1.29 is 9.59 Å². The molecule has 0 spiro atoms. The van der Waals surface area contributed by atoms with Gasteiger partial charge < -0.3 is 20.1 Å². The molecule has 0 aliphatic carbocycles. The van der Waals surface area contributed by atoms with Crippen LogP contribution >= 0.6 is 0 Å². The molecule has 2 heterocycles. The average molecular weight is 362 g/mol. The van der Waals surface area contributed by atoms with Crippen LogP contribution in [0.1, 0.15) is 17.3 Å². The Morgan fingerprint density at radius 3 is 2.67 bits per heavy atom. The van der Waals surface area contributed by atoms with Gasteiger partial charge in [0, 0.05) is 48.1 Å². The van der Waals surface area contributed by atoms with Gasteiger partial charge in [0.2, 0.25) is 5.91 Å². The van der Waals surface area contributed by atoms with Crippen LogP contribution < -0.4 is 15.5 Å². The summed E-state index contributed by atoms with van der Waals surface area (Å²) in [5, 5.41) is 6.75. The summed E-state index contributed by atoms with van der Waals surface area (Å²) in [5.41, 5.74) is 3.44. The number of nitrogens with one attached hydrogen (secondary N) is 2. The third-order valence-corrected chi connectivity index (χ3v) is 4.90. The molecule has 138 valence electrons. The van der Waals surface area contributed by atoms with Crippen molar-refractivity contribution in [3.05, 3.63) is 60.3 Å². The predicted octanol–water partition coefficient (Wildman–Crippen LogP) is 2.85. The van der Waals surface area contributed by atoms with Crippen LogP contribution in [0, 0.1) is 0 Å². The van der Waals surface area contributed by atoms with Gasteiger partial charge in [0.05, 0.1) is 12.1 Å². The number of rotatable bonds is 4. The van der Waals surface area contributed by atoms with Gasteiger partial charge in [-0.2, -0.15) is 0 Å². The number of fused-ring (bicyclic) bond motifs is 1. The van der Waals surface area contributed by atoms with E-state index in [1.807, 2.05) is 59.6 Å². The van der Waals surface area contributed by atoms with E-state index in [2.05, 4.69) is 22.1 Å². The Balaban J connectivity index is 1.52. The van der Waals surface area contributed by atoms with E-state index < -0.39 is 0 Å². The number of para-hydroxylation sites is 1. The molecular formula is C21H22N4O2. The van der Waals surface area contributed by atoms with E-state index in [4.69, 9.17) is 0 Å². The van der Waals surface area contributed by atoms with Gasteiger partial charge in [-0.1, -0.05) is 18.2 Å². The highest BCUT2D eigenvalue weighted by atomic mass is 16.2. The number of hydrogen-bond acceptors (Lipinski definition) is 3. The van der Waals surface area contributed by atoms with Crippen molar-refractivity contribution in [2.75, 3.05) is 29.9 Å². The smallest absolute Gasteiger partial charge is 0.257 e. The SMILES string of the molecule is CCn1cc(C(=O)Nc2ccc(N3CCNC(=O)C3)cc2)c2ccccc21. The monoisotopic (exact) mass is 362 g/mol. The summed E-state index contributed by atoms with van der Waals surface area (Å²) in [4.78, 5) is 26.4. The summed E-state index contributed by atoms with van der Waals surface area (Å²) in [6.45, 7) is 4.68. The summed E-state index contributed by atoms with van der Waals surface area (Å²) >= 11 is 0. The van der Waals surface area contributed by atoms with Gasteiger partial charge in [-0.05, 0) is 37.3 Å². The van der Waals surface area contributed by atoms with Crippen LogP contribution in [0.3, 0.4) is 0 Å². The molecule has 0 saturated carbocycles. The zero-order valence-electron chi connectivity index (χ0n) is 15.2. The molecule has 4 rings (SSSR count). The summed E-state index contributed by atoms with van der Waals surface area (Å²) in [5.74, 6) is -0.0885. The first kappa shape index (κ1) is 17.1. The van der Waals surface area contributed by atoms with E-state index in [0.29, 0.717) is 18.7 Å². The first-order valence-corrected chi connectivity index (χ1v) is 9.16. The van der Waals surface area contributed by atoms with Crippen molar-refractivity contribution in [3.63, 3.8) is 0 Å². The maximum atomic E-state index is 12.8. The van der Waals surface area contributed by atoms with Crippen LogP contribution in [-0.4, -0.2) is 36.0 Å². The summed E-state index contributed by atoms with van der Waals surface area (Å²) < 4.78 is 2.08. The zero-order valence-corrected chi connectivity index (χ0v) is 15.2. The first-order valence-electron chi connectivity index (χ1n) is 9.16. The molecule has 0 unspecified atom stereocenters. The normalized spacial score (nSPS) is 14.3. The van der Waals surface area contributed by atoms with Crippen LogP contribution in [0.2, 0.25) is 0 Å². The molecule has 2 amide bonds. The number of anilines is 2. The van der Waals surface area contributed by atoms with E-state index in [-0.39, 0.29) is 11.8 Å². The quantitative estimate of drug-likeness (QED) is 0.750. The Morgan fingerprint density at radius 1 is 1.15 bits per heavy atom. The number of carbonyl (C=O) groups excluding carboxylic acids is 2. The Bertz CT molecular complexity index is 991. The number of nitrogens with zero attached hydrogens (tertiary/aromatic N) is 2. The Hall–Kier alpha value is -3.28. The Morgan fingerprint density at radius 2 is 1.93 bits per heavy atom. The molecule has 1 saturated heterocycles. The van der Waals surface area contributed by atoms with Gasteiger partial charge in [0.25, 0.3) is 5.91 Å². The molecule has 0 radical (unpaired) electrons. The number of carbonyl (C=O) groups is 2. The Kier molecular flexibility index (Phi) is 4.54. The topological polar surface area (TPSA) is 66.4 Å². The second kappa shape index (κ2) is 7.15. The summed E-state index contributed by atoms with van der Waals surface area (Å²) in [6.07, 6.45) is 1.90. The number of aromatic nitrogens is 1. The minimum Gasteiger partial charge on any atom is -0.360 e. The van der Waals surface area contributed by atoms with Crippen LogP contribution in [0.15, 0.2) is 54.7 Å². The number of aryl methyl sites for hydroxylation is 1. The van der Waals surface area contributed by atoms with Crippen LogP contribution in [0.25, 0.3) is 10.9 Å². The van der Waals surface area contributed by atoms with E-state index in [1.165, 1.54) is 0 Å². The third-order valence-electron chi connectivity index (χ3n) is 4.90. The van der Waals surface area contributed by atoms with Crippen molar-refractivity contribution in [2.24, 2.45) is 0 Å². The molecule has 1 aromatic heterocycles. The molecule has 1 fully saturated rings. The van der Waals surface area contributed by atoms with Gasteiger partial charge in [-0.15, -0.1) is 0 Å². The highest BCUT2D eigenvalue weighted by molar-refractivity contribution is 6.13. The lowest BCUT2D eigenvalue weighted by atomic mass is 10.1. The molecule has 0 bridgehead atoms. The van der Waals surface area contributed by atoms with Crippen molar-refractivity contribution in [3.8, 4) is 0 Å². The largest absolute Gasteiger partial charge is 0.360 e. The van der Waals surface area contributed by atoms with Crippen molar-refractivity contribution in [2.45, 2.75) is 13.5 Å². The van der Waals surface area contributed by atoms with Crippen molar-refractivity contribution >= 4 is 34.1 Å². The van der Waals surface area contributed by atoms with E-state index in [1.54, 1.807) is 0 Å². The highest BCUT2D eigenvalue weighted by Crippen LogP contribution is 2.23. The lowest BCUT2D eigenvalue weighted by Gasteiger charge is -2.28. The third kappa shape index (κ3) is 3.38. The van der Waals surface area contributed by atoms with Crippen molar-refractivity contribution in [1.82, 2.24) is 9.88 Å². The maximum absolute atomic E-state index is 12.8. The molecule has 2 N–H and O–H groups in total. The summed E-state index contributed by atoms with van der Waals surface area (Å²) in [7, 11) is 0. The molecular weight excluding hydrogens is 340 g/mol. The molecule has 1 aliphatic heterocycles. The Labute approximate surface area is 157 Å². The standard InChI is InChI=1S/C21H22N4O2/c1-2-24-13-18(17-5-3-4-6-19(17)24)21(27)23-15-7-9-16(10-8-15)25-12-11-22-20(26)14-25/h3-10,13H,2,11-12,14H2,1H3,(H,22,26)(H,23,27). The molecule has 2 aromatic carbocycles. The van der Waals surface area contributed by atoms with E-state index in [0.717, 1.165) is 35.4 Å². The maximum Gasteiger partial charge on any atom is 0.257 e. The lowest BCUT2D eigenvalue weighted by molar-refractivity contribution is -0.120. The molecule has 0 atom stereocenters. The van der Waals surface area contributed by atoms with Gasteiger partial charge in [0.1, 0.15) is 0 Å². The van der Waals surface area contributed by atoms with E-state index in [9.17, 15) is 9.59 Å². The summed E-state index contributed by atoms with van der Waals surface area (Å²) in [6, 6.07) is 15.5.